The fourth-order valence-corrected chi connectivity index (χ4v) is 0. The molecule has 0 saturated heterocycles. The van der Waals surface area contributed by atoms with Gasteiger partial charge in [-0.15, -0.1) is 0 Å². The molecule has 5 heavy (non-hydrogen) atoms. The summed E-state index contributed by atoms with van der Waals surface area (Å²) in [4.78, 5) is 0. The molecule has 0 heterocycles. The first kappa shape index (κ1) is 9.04. The summed E-state index contributed by atoms with van der Waals surface area (Å²) in [5.41, 5.74) is 0. The highest BCUT2D eigenvalue weighted by molar-refractivity contribution is 6.16. The Labute approximate surface area is 39.6 Å². The van der Waals surface area contributed by atoms with E-state index in [-0.39, 0.29) is 6.15 Å². The van der Waals surface area contributed by atoms with Crippen LogP contribution in [0.25, 0.3) is 0 Å². The van der Waals surface area contributed by atoms with Gasteiger partial charge in [0, 0.05) is 20.5 Å². The molecule has 0 bridgehead atoms. The lowest BCUT2D eigenvalue weighted by atomic mass is 11.0. The highest BCUT2D eigenvalue weighted by Crippen LogP contribution is 1.70. The Balaban J connectivity index is 0. The molecule has 0 aliphatic rings. The average Bonchev–Trinajstić information content (AvgIpc) is 1.37. The van der Waals surface area contributed by atoms with Gasteiger partial charge in [-0.25, -0.2) is 0 Å². The number of hydrogen-bond acceptors (Lipinski definition) is 1. The number of rotatable bonds is 1. The van der Waals surface area contributed by atoms with Crippen LogP contribution in [0.5, 0.6) is 0 Å². The maximum absolute atomic E-state index is 1.52. The maximum Gasteiger partial charge on any atom is 0.00240 e. The molecule has 0 aromatic carbocycles. The van der Waals surface area contributed by atoms with Gasteiger partial charge in [-0.1, -0.05) is 12.1 Å². The van der Waals surface area contributed by atoms with E-state index in [2.05, 4.69) is 0 Å². The van der Waals surface area contributed by atoms with Gasteiger partial charge in [-0.05, 0) is 0 Å². The Morgan fingerprint density at radius 2 is 1.20 bits per heavy atom. The molecule has 0 rings (SSSR count). The molecule has 0 saturated carbocycles. The third kappa shape index (κ3) is 13.0. The van der Waals surface area contributed by atoms with Gasteiger partial charge in [-0.2, -0.15) is 0 Å². The Morgan fingerprint density at radius 3 is 1.20 bits per heavy atom. The molecular weight excluding hydrogens is 94.2 g/mol. The van der Waals surface area contributed by atoms with Crippen molar-refractivity contribution in [3.05, 3.63) is 0 Å². The van der Waals surface area contributed by atoms with Crippen LogP contribution in [-0.4, -0.2) is 20.5 Å². The molecule has 0 atom stereocenters. The van der Waals surface area contributed by atoms with E-state index in [4.69, 9.17) is 0 Å². The Hall–Kier alpha value is 0.394. The standard InChI is InChI=1S/C2H10Si2.H3N/c3-1-2-4;/h1-2H2,3-4H3;1H3. The van der Waals surface area contributed by atoms with Crippen LogP contribution >= 0.6 is 0 Å². The molecule has 0 fully saturated rings. The van der Waals surface area contributed by atoms with Gasteiger partial charge in [0.25, 0.3) is 0 Å². The minimum Gasteiger partial charge on any atom is -0.344 e. The van der Waals surface area contributed by atoms with Gasteiger partial charge in [0.05, 0.1) is 0 Å². The predicted molar refractivity (Wildman–Crippen MR) is 34.5 cm³/mol. The summed E-state index contributed by atoms with van der Waals surface area (Å²) >= 11 is 0. The van der Waals surface area contributed by atoms with Crippen LogP contribution in [0.15, 0.2) is 0 Å². The van der Waals surface area contributed by atoms with Crippen LogP contribution < -0.4 is 6.15 Å². The predicted octanol–water partition coefficient (Wildman–Crippen LogP) is -1.28. The summed E-state index contributed by atoms with van der Waals surface area (Å²) < 4.78 is 0. The fourth-order valence-electron chi connectivity index (χ4n) is 0. The van der Waals surface area contributed by atoms with Crippen LogP contribution in [0.2, 0.25) is 12.1 Å². The second-order valence-corrected chi connectivity index (χ2v) is 3.00. The first-order valence-electron chi connectivity index (χ1n) is 1.91. The molecular formula is C2H13NSi2. The van der Waals surface area contributed by atoms with Crippen molar-refractivity contribution in [2.75, 3.05) is 0 Å². The maximum atomic E-state index is 1.52. The van der Waals surface area contributed by atoms with Crippen LogP contribution in [0.3, 0.4) is 0 Å². The lowest BCUT2D eigenvalue weighted by Gasteiger charge is -1.67. The zero-order valence-corrected chi connectivity index (χ0v) is 8.12. The summed E-state index contributed by atoms with van der Waals surface area (Å²) in [7, 11) is 2.85. The van der Waals surface area contributed by atoms with E-state index in [0.717, 1.165) is 0 Å². The summed E-state index contributed by atoms with van der Waals surface area (Å²) in [5, 5.41) is 0. The van der Waals surface area contributed by atoms with E-state index in [1.165, 1.54) is 32.6 Å². The zero-order valence-electron chi connectivity index (χ0n) is 4.12. The molecule has 0 radical (unpaired) electrons. The first-order valence-corrected chi connectivity index (χ1v) is 4.74. The van der Waals surface area contributed by atoms with E-state index >= 15 is 0 Å². The smallest absolute Gasteiger partial charge is 0.00240 e. The third-order valence-corrected chi connectivity index (χ3v) is 4.50. The van der Waals surface area contributed by atoms with Crippen molar-refractivity contribution in [1.29, 1.82) is 0 Å². The van der Waals surface area contributed by atoms with E-state index in [0.29, 0.717) is 0 Å². The minimum atomic E-state index is 0. The Kier molecular flexibility index (Phi) is 16.0. The molecule has 0 aromatic rings. The Morgan fingerprint density at radius 1 is 1.00 bits per heavy atom. The van der Waals surface area contributed by atoms with E-state index in [1.807, 2.05) is 0 Å². The van der Waals surface area contributed by atoms with Crippen molar-refractivity contribution in [2.24, 2.45) is 0 Å². The molecule has 0 unspecified atom stereocenters. The largest absolute Gasteiger partial charge is 0.344 e. The molecule has 3 heteroatoms. The molecule has 34 valence electrons. The quantitative estimate of drug-likeness (QED) is 0.416. The van der Waals surface area contributed by atoms with Crippen LogP contribution in [0.4, 0.5) is 0 Å². The van der Waals surface area contributed by atoms with Gasteiger partial charge in [0.2, 0.25) is 0 Å². The molecule has 0 aliphatic carbocycles. The normalized spacial score (nSPS) is 7.20. The van der Waals surface area contributed by atoms with Crippen molar-refractivity contribution in [3.63, 3.8) is 0 Å². The lowest BCUT2D eigenvalue weighted by Crippen LogP contribution is -1.60. The highest BCUT2D eigenvalue weighted by Gasteiger charge is 1.57. The zero-order chi connectivity index (χ0) is 3.41. The SMILES string of the molecule is N.[SiH3]CC[SiH3]. The van der Waals surface area contributed by atoms with Crippen molar-refractivity contribution in [1.82, 2.24) is 6.15 Å². The second kappa shape index (κ2) is 8.83. The first-order chi connectivity index (χ1) is 1.91. The van der Waals surface area contributed by atoms with Crippen LogP contribution in [0, 0.1) is 0 Å². The van der Waals surface area contributed by atoms with Gasteiger partial charge < -0.3 is 6.15 Å². The van der Waals surface area contributed by atoms with Crippen LogP contribution in [0.1, 0.15) is 0 Å². The lowest BCUT2D eigenvalue weighted by molar-refractivity contribution is 1.46. The van der Waals surface area contributed by atoms with E-state index < -0.39 is 0 Å². The molecule has 0 aromatic heterocycles. The highest BCUT2D eigenvalue weighted by atomic mass is 28.2. The monoisotopic (exact) mass is 107 g/mol. The van der Waals surface area contributed by atoms with Crippen molar-refractivity contribution < 1.29 is 0 Å². The molecule has 3 N–H and O–H groups in total. The minimum absolute atomic E-state index is 0. The Bertz CT molecular complexity index is 9.61. The topological polar surface area (TPSA) is 35.0 Å². The van der Waals surface area contributed by atoms with E-state index in [9.17, 15) is 0 Å². The van der Waals surface area contributed by atoms with Gasteiger partial charge in [-0.3, -0.25) is 0 Å². The molecule has 0 amide bonds. The molecule has 0 aliphatic heterocycles. The summed E-state index contributed by atoms with van der Waals surface area (Å²) in [5.74, 6) is 0. The molecule has 1 nitrogen and oxygen atoms in total. The van der Waals surface area contributed by atoms with Gasteiger partial charge in [0.1, 0.15) is 0 Å². The summed E-state index contributed by atoms with van der Waals surface area (Å²) in [6, 6.07) is 3.04. The summed E-state index contributed by atoms with van der Waals surface area (Å²) in [6.07, 6.45) is 0. The number of hydrogen-bond donors (Lipinski definition) is 1. The third-order valence-electron chi connectivity index (χ3n) is 0.500. The fraction of sp³-hybridized carbons (Fsp3) is 1.00. The van der Waals surface area contributed by atoms with Crippen molar-refractivity contribution in [3.8, 4) is 0 Å². The van der Waals surface area contributed by atoms with Crippen molar-refractivity contribution in [2.45, 2.75) is 12.1 Å². The van der Waals surface area contributed by atoms with Gasteiger partial charge >= 0.3 is 0 Å². The average molecular weight is 107 g/mol. The van der Waals surface area contributed by atoms with Gasteiger partial charge in [0.15, 0.2) is 0 Å². The summed E-state index contributed by atoms with van der Waals surface area (Å²) in [6.45, 7) is 0. The van der Waals surface area contributed by atoms with Crippen molar-refractivity contribution >= 4 is 20.5 Å². The second-order valence-electron chi connectivity index (χ2n) is 1.000. The van der Waals surface area contributed by atoms with E-state index in [1.54, 1.807) is 0 Å². The van der Waals surface area contributed by atoms with Crippen LogP contribution in [-0.2, 0) is 0 Å². The molecule has 0 spiro atoms.